The Hall–Kier alpha value is -3.12. The molecule has 0 aliphatic rings. The summed E-state index contributed by atoms with van der Waals surface area (Å²) in [5.74, 6) is 0.923. The number of hydrogen-bond donors (Lipinski definition) is 2. The molecular weight excluding hydrogens is 364 g/mol. The topological polar surface area (TPSA) is 76.1 Å². The number of carbonyl (C=O) groups excluding carboxylic acids is 1. The molecule has 0 amide bonds. The van der Waals surface area contributed by atoms with Gasteiger partial charge in [-0.25, -0.2) is 14.8 Å². The quantitative estimate of drug-likeness (QED) is 0.577. The molecule has 0 unspecified atom stereocenters. The van der Waals surface area contributed by atoms with Gasteiger partial charge in [0.1, 0.15) is 18.0 Å². The summed E-state index contributed by atoms with van der Waals surface area (Å²) in [6.07, 6.45) is 1.47. The van der Waals surface area contributed by atoms with Crippen LogP contribution >= 0.6 is 11.6 Å². The zero-order valence-corrected chi connectivity index (χ0v) is 15.7. The molecule has 0 saturated heterocycles. The number of aryl methyl sites for hydroxylation is 1. The van der Waals surface area contributed by atoms with Crippen molar-refractivity contribution >= 4 is 40.6 Å². The third-order valence-corrected chi connectivity index (χ3v) is 4.03. The first-order valence-corrected chi connectivity index (χ1v) is 8.82. The van der Waals surface area contributed by atoms with Crippen LogP contribution in [-0.2, 0) is 4.74 Å². The van der Waals surface area contributed by atoms with Gasteiger partial charge in [0.15, 0.2) is 0 Å². The second-order valence-corrected chi connectivity index (χ2v) is 6.23. The summed E-state index contributed by atoms with van der Waals surface area (Å²) >= 11 is 6.06. The maximum Gasteiger partial charge on any atom is 0.338 e. The molecule has 2 aromatic carbocycles. The van der Waals surface area contributed by atoms with Crippen molar-refractivity contribution in [1.29, 1.82) is 0 Å². The highest BCUT2D eigenvalue weighted by molar-refractivity contribution is 6.30. The zero-order chi connectivity index (χ0) is 19.2. The van der Waals surface area contributed by atoms with Gasteiger partial charge in [0, 0.05) is 22.5 Å². The average molecular weight is 383 g/mol. The van der Waals surface area contributed by atoms with Gasteiger partial charge in [-0.3, -0.25) is 0 Å². The number of nitrogens with one attached hydrogen (secondary N) is 2. The molecule has 0 spiro atoms. The van der Waals surface area contributed by atoms with E-state index >= 15 is 0 Å². The Bertz CT molecular complexity index is 945. The number of hydrogen-bond acceptors (Lipinski definition) is 6. The van der Waals surface area contributed by atoms with Gasteiger partial charge >= 0.3 is 5.97 Å². The third-order valence-electron chi connectivity index (χ3n) is 3.80. The van der Waals surface area contributed by atoms with Crippen LogP contribution < -0.4 is 10.6 Å². The van der Waals surface area contributed by atoms with E-state index in [-0.39, 0.29) is 5.97 Å². The molecule has 3 rings (SSSR count). The van der Waals surface area contributed by atoms with Gasteiger partial charge in [-0.15, -0.1) is 0 Å². The summed E-state index contributed by atoms with van der Waals surface area (Å²) < 4.78 is 4.98. The molecule has 3 aromatic rings. The molecule has 7 heteroatoms. The molecular formula is C20H19ClN4O2. The largest absolute Gasteiger partial charge is 0.462 e. The molecule has 0 aliphatic carbocycles. The fourth-order valence-corrected chi connectivity index (χ4v) is 2.58. The molecule has 2 N–H and O–H groups in total. The molecule has 0 fully saturated rings. The lowest BCUT2D eigenvalue weighted by Crippen LogP contribution is -2.04. The van der Waals surface area contributed by atoms with Crippen LogP contribution in [0.2, 0.25) is 5.02 Å². The van der Waals surface area contributed by atoms with E-state index in [9.17, 15) is 4.79 Å². The van der Waals surface area contributed by atoms with Gasteiger partial charge in [-0.1, -0.05) is 17.7 Å². The smallest absolute Gasteiger partial charge is 0.338 e. The van der Waals surface area contributed by atoms with E-state index in [1.165, 1.54) is 6.33 Å². The van der Waals surface area contributed by atoms with E-state index in [4.69, 9.17) is 16.3 Å². The van der Waals surface area contributed by atoms with Gasteiger partial charge < -0.3 is 15.4 Å². The van der Waals surface area contributed by atoms with Crippen molar-refractivity contribution in [3.05, 3.63) is 71.0 Å². The lowest BCUT2D eigenvalue weighted by Gasteiger charge is -2.11. The molecule has 6 nitrogen and oxygen atoms in total. The van der Waals surface area contributed by atoms with E-state index in [0.29, 0.717) is 28.8 Å². The van der Waals surface area contributed by atoms with Crippen LogP contribution in [-0.4, -0.2) is 22.5 Å². The Balaban J connectivity index is 1.72. The van der Waals surface area contributed by atoms with Crippen molar-refractivity contribution in [3.8, 4) is 0 Å². The molecule has 138 valence electrons. The lowest BCUT2D eigenvalue weighted by atomic mass is 10.2. The molecule has 0 aliphatic heterocycles. The van der Waals surface area contributed by atoms with Crippen molar-refractivity contribution in [2.75, 3.05) is 17.2 Å². The Morgan fingerprint density at radius 1 is 1.04 bits per heavy atom. The summed E-state index contributed by atoms with van der Waals surface area (Å²) in [5.41, 5.74) is 3.24. The molecule has 0 radical (unpaired) electrons. The number of rotatable bonds is 6. The van der Waals surface area contributed by atoms with Crippen LogP contribution in [0.1, 0.15) is 22.8 Å². The predicted octanol–water partition coefficient (Wildman–Crippen LogP) is 5.10. The summed E-state index contributed by atoms with van der Waals surface area (Å²) in [6.45, 7) is 4.12. The molecule has 0 bridgehead atoms. The Kier molecular flexibility index (Phi) is 5.88. The monoisotopic (exact) mass is 382 g/mol. The van der Waals surface area contributed by atoms with Gasteiger partial charge in [0.2, 0.25) is 0 Å². The number of benzene rings is 2. The second kappa shape index (κ2) is 8.51. The fraction of sp³-hybridized carbons (Fsp3) is 0.150. The summed E-state index contributed by atoms with van der Waals surface area (Å²) in [7, 11) is 0. The van der Waals surface area contributed by atoms with Crippen molar-refractivity contribution < 1.29 is 9.53 Å². The number of carbonyl (C=O) groups is 1. The highest BCUT2D eigenvalue weighted by Crippen LogP contribution is 2.24. The Morgan fingerprint density at radius 3 is 2.44 bits per heavy atom. The molecule has 0 atom stereocenters. The number of halogens is 1. The normalized spacial score (nSPS) is 10.3. The van der Waals surface area contributed by atoms with Crippen LogP contribution in [0.4, 0.5) is 23.0 Å². The van der Waals surface area contributed by atoms with Gasteiger partial charge in [-0.2, -0.15) is 0 Å². The second-order valence-electron chi connectivity index (χ2n) is 5.80. The van der Waals surface area contributed by atoms with E-state index in [0.717, 1.165) is 16.9 Å². The van der Waals surface area contributed by atoms with Crippen LogP contribution in [0.25, 0.3) is 0 Å². The minimum atomic E-state index is -0.338. The summed E-state index contributed by atoms with van der Waals surface area (Å²) in [5, 5.41) is 7.08. The number of ether oxygens (including phenoxy) is 1. The predicted molar refractivity (Wildman–Crippen MR) is 107 cm³/mol. The Labute approximate surface area is 162 Å². The van der Waals surface area contributed by atoms with Gasteiger partial charge in [0.25, 0.3) is 0 Å². The first-order chi connectivity index (χ1) is 13.0. The first kappa shape index (κ1) is 18.7. The molecule has 1 heterocycles. The molecule has 0 saturated carbocycles. The minimum absolute atomic E-state index is 0.338. The maximum absolute atomic E-state index is 11.7. The highest BCUT2D eigenvalue weighted by atomic mass is 35.5. The van der Waals surface area contributed by atoms with E-state index in [1.54, 1.807) is 37.3 Å². The third kappa shape index (κ3) is 4.95. The Morgan fingerprint density at radius 2 is 1.74 bits per heavy atom. The maximum atomic E-state index is 11.7. The van der Waals surface area contributed by atoms with Crippen LogP contribution in [0.3, 0.4) is 0 Å². The van der Waals surface area contributed by atoms with Gasteiger partial charge in [-0.05, 0) is 55.8 Å². The van der Waals surface area contributed by atoms with E-state index in [1.807, 2.05) is 25.1 Å². The number of esters is 1. The van der Waals surface area contributed by atoms with Crippen molar-refractivity contribution in [2.24, 2.45) is 0 Å². The highest BCUT2D eigenvalue weighted by Gasteiger charge is 2.07. The van der Waals surface area contributed by atoms with Crippen molar-refractivity contribution in [3.63, 3.8) is 0 Å². The van der Waals surface area contributed by atoms with Crippen LogP contribution in [0, 0.1) is 6.92 Å². The fourth-order valence-electron chi connectivity index (χ4n) is 2.41. The average Bonchev–Trinajstić information content (AvgIpc) is 2.66. The van der Waals surface area contributed by atoms with Crippen molar-refractivity contribution in [2.45, 2.75) is 13.8 Å². The SMILES string of the molecule is CCOC(=O)c1ccc(Nc2cc(Nc3cc(Cl)ccc3C)ncn2)cc1. The van der Waals surface area contributed by atoms with E-state index in [2.05, 4.69) is 20.6 Å². The first-order valence-electron chi connectivity index (χ1n) is 8.44. The molecule has 1 aromatic heterocycles. The van der Waals surface area contributed by atoms with Crippen molar-refractivity contribution in [1.82, 2.24) is 9.97 Å². The van der Waals surface area contributed by atoms with E-state index < -0.39 is 0 Å². The standard InChI is InChI=1S/C20H19ClN4O2/c1-3-27-20(26)14-5-8-16(9-6-14)24-18-11-19(23-12-22-18)25-17-10-15(21)7-4-13(17)2/h4-12H,3H2,1-2H3,(H2,22,23,24,25). The van der Waals surface area contributed by atoms with Gasteiger partial charge in [0.05, 0.1) is 12.2 Å². The van der Waals surface area contributed by atoms with Crippen LogP contribution in [0.15, 0.2) is 54.9 Å². The summed E-state index contributed by atoms with van der Waals surface area (Å²) in [4.78, 5) is 20.2. The molecule has 27 heavy (non-hydrogen) atoms. The van der Waals surface area contributed by atoms with Crippen LogP contribution in [0.5, 0.6) is 0 Å². The number of aromatic nitrogens is 2. The summed E-state index contributed by atoms with van der Waals surface area (Å²) in [6, 6.07) is 14.4. The number of nitrogens with zero attached hydrogens (tertiary/aromatic N) is 2. The zero-order valence-electron chi connectivity index (χ0n) is 15.0. The lowest BCUT2D eigenvalue weighted by molar-refractivity contribution is 0.0526. The minimum Gasteiger partial charge on any atom is -0.462 e. The number of anilines is 4.